The molecular formula is C20H31N3O3+2. The predicted molar refractivity (Wildman–Crippen MR) is 99.7 cm³/mol. The van der Waals surface area contributed by atoms with Gasteiger partial charge in [0.2, 0.25) is 5.91 Å². The monoisotopic (exact) mass is 361 g/mol. The molecule has 6 heteroatoms. The summed E-state index contributed by atoms with van der Waals surface area (Å²) in [5.74, 6) is 0.643. The molecule has 1 aromatic carbocycles. The van der Waals surface area contributed by atoms with Gasteiger partial charge in [-0.1, -0.05) is 13.3 Å². The fraction of sp³-hybridized carbons (Fsp3) is 0.600. The van der Waals surface area contributed by atoms with Crippen molar-refractivity contribution in [3.8, 4) is 5.75 Å². The Bertz CT molecular complexity index is 624. The Morgan fingerprint density at radius 2 is 1.77 bits per heavy atom. The molecule has 2 aliphatic heterocycles. The molecule has 142 valence electrons. The van der Waals surface area contributed by atoms with Crippen molar-refractivity contribution in [3.05, 3.63) is 24.3 Å². The first-order valence-corrected chi connectivity index (χ1v) is 9.91. The number of ether oxygens (including phenoxy) is 1. The Hall–Kier alpha value is -1.92. The SMILES string of the molecule is CCCCOc1ccc(N2C(=O)C[C@H]([NH+]3CC[NH+](CC)CC3)C2=O)cc1. The maximum absolute atomic E-state index is 12.9. The van der Waals surface area contributed by atoms with Crippen LogP contribution in [-0.4, -0.2) is 57.2 Å². The molecule has 0 saturated carbocycles. The lowest BCUT2D eigenvalue weighted by atomic mass is 10.1. The Kier molecular flexibility index (Phi) is 6.27. The summed E-state index contributed by atoms with van der Waals surface area (Å²) in [5.41, 5.74) is 0.655. The van der Waals surface area contributed by atoms with Crippen LogP contribution < -0.4 is 19.4 Å². The Balaban J connectivity index is 1.63. The number of imide groups is 1. The Labute approximate surface area is 155 Å². The molecule has 0 bridgehead atoms. The van der Waals surface area contributed by atoms with Crippen LogP contribution in [-0.2, 0) is 9.59 Å². The molecule has 26 heavy (non-hydrogen) atoms. The summed E-state index contributed by atoms with van der Waals surface area (Å²) in [7, 11) is 0. The molecule has 2 N–H and O–H groups in total. The van der Waals surface area contributed by atoms with E-state index in [1.54, 1.807) is 4.90 Å². The molecule has 0 aromatic heterocycles. The fourth-order valence-electron chi connectivity index (χ4n) is 3.87. The van der Waals surface area contributed by atoms with E-state index in [-0.39, 0.29) is 17.9 Å². The molecule has 1 atom stereocenters. The number of nitrogens with zero attached hydrogens (tertiary/aromatic N) is 1. The molecule has 0 spiro atoms. The number of nitrogens with one attached hydrogen (secondary N) is 2. The normalized spacial score (nSPS) is 26.4. The van der Waals surface area contributed by atoms with Gasteiger partial charge in [-0.15, -0.1) is 0 Å². The number of unbranched alkanes of at least 4 members (excludes halogenated alkanes) is 1. The van der Waals surface area contributed by atoms with Crippen LogP contribution in [0.25, 0.3) is 0 Å². The number of likely N-dealkylation sites (N-methyl/N-ethyl adjacent to an activating group) is 1. The first kappa shape index (κ1) is 18.9. The second-order valence-corrected chi connectivity index (χ2v) is 7.28. The fourth-order valence-corrected chi connectivity index (χ4v) is 3.87. The summed E-state index contributed by atoms with van der Waals surface area (Å²) < 4.78 is 5.66. The summed E-state index contributed by atoms with van der Waals surface area (Å²) in [6.07, 6.45) is 2.43. The van der Waals surface area contributed by atoms with E-state index in [4.69, 9.17) is 4.74 Å². The van der Waals surface area contributed by atoms with Gasteiger partial charge in [-0.25, -0.2) is 4.90 Å². The minimum Gasteiger partial charge on any atom is -0.494 e. The van der Waals surface area contributed by atoms with Crippen molar-refractivity contribution < 1.29 is 24.1 Å². The first-order valence-electron chi connectivity index (χ1n) is 9.91. The second kappa shape index (κ2) is 8.64. The summed E-state index contributed by atoms with van der Waals surface area (Å²) in [4.78, 5) is 29.6. The highest BCUT2D eigenvalue weighted by Crippen LogP contribution is 2.24. The standard InChI is InChI=1S/C20H29N3O3/c1-3-5-14-26-17-8-6-16(7-9-17)23-19(24)15-18(20(23)25)22-12-10-21(4-2)11-13-22/h6-9,18H,3-5,10-15H2,1-2H3/p+2/t18-/m0/s1. The van der Waals surface area contributed by atoms with E-state index < -0.39 is 0 Å². The quantitative estimate of drug-likeness (QED) is 0.499. The zero-order chi connectivity index (χ0) is 18.5. The molecule has 0 radical (unpaired) electrons. The number of carbonyl (C=O) groups is 2. The van der Waals surface area contributed by atoms with Gasteiger partial charge in [-0.3, -0.25) is 9.59 Å². The lowest BCUT2D eigenvalue weighted by Gasteiger charge is -2.31. The molecule has 3 rings (SSSR count). The number of anilines is 1. The third-order valence-electron chi connectivity index (χ3n) is 5.60. The summed E-state index contributed by atoms with van der Waals surface area (Å²) in [6.45, 7) is 10.2. The van der Waals surface area contributed by atoms with Gasteiger partial charge < -0.3 is 14.5 Å². The molecule has 1 aromatic rings. The van der Waals surface area contributed by atoms with Crippen molar-refractivity contribution in [2.24, 2.45) is 0 Å². The van der Waals surface area contributed by atoms with E-state index in [0.717, 1.165) is 51.3 Å². The van der Waals surface area contributed by atoms with Crippen molar-refractivity contribution in [1.82, 2.24) is 0 Å². The molecule has 2 saturated heterocycles. The van der Waals surface area contributed by atoms with Gasteiger partial charge >= 0.3 is 0 Å². The zero-order valence-electron chi connectivity index (χ0n) is 15.9. The van der Waals surface area contributed by atoms with Crippen LogP contribution in [0, 0.1) is 0 Å². The average Bonchev–Trinajstić information content (AvgIpc) is 2.97. The van der Waals surface area contributed by atoms with Crippen LogP contribution in [0.5, 0.6) is 5.75 Å². The van der Waals surface area contributed by atoms with Gasteiger partial charge in [0, 0.05) is 0 Å². The maximum atomic E-state index is 12.9. The van der Waals surface area contributed by atoms with E-state index >= 15 is 0 Å². The van der Waals surface area contributed by atoms with E-state index in [1.165, 1.54) is 9.80 Å². The highest BCUT2D eigenvalue weighted by Gasteiger charge is 2.46. The van der Waals surface area contributed by atoms with Crippen LogP contribution in [0.3, 0.4) is 0 Å². The van der Waals surface area contributed by atoms with Crippen molar-refractivity contribution in [3.63, 3.8) is 0 Å². The third kappa shape index (κ3) is 4.07. The summed E-state index contributed by atoms with van der Waals surface area (Å²) in [6, 6.07) is 7.09. The van der Waals surface area contributed by atoms with Crippen LogP contribution in [0.15, 0.2) is 24.3 Å². The second-order valence-electron chi connectivity index (χ2n) is 7.28. The lowest BCUT2D eigenvalue weighted by Crippen LogP contribution is -3.29. The molecule has 0 aliphatic carbocycles. The predicted octanol–water partition coefficient (Wildman–Crippen LogP) is -0.699. The van der Waals surface area contributed by atoms with Gasteiger partial charge in [-0.2, -0.15) is 0 Å². The van der Waals surface area contributed by atoms with Crippen LogP contribution in [0.4, 0.5) is 5.69 Å². The van der Waals surface area contributed by atoms with Crippen LogP contribution >= 0.6 is 0 Å². The van der Waals surface area contributed by atoms with Gasteiger partial charge in [0.1, 0.15) is 31.9 Å². The highest BCUT2D eigenvalue weighted by atomic mass is 16.5. The average molecular weight is 361 g/mol. The van der Waals surface area contributed by atoms with E-state index in [1.807, 2.05) is 24.3 Å². The first-order chi connectivity index (χ1) is 12.6. The maximum Gasteiger partial charge on any atom is 0.292 e. The molecule has 2 heterocycles. The largest absolute Gasteiger partial charge is 0.494 e. The number of quaternary nitrogens is 2. The highest BCUT2D eigenvalue weighted by molar-refractivity contribution is 6.21. The van der Waals surface area contributed by atoms with Crippen molar-refractivity contribution >= 4 is 17.5 Å². The number of amides is 2. The molecule has 2 aliphatic rings. The number of benzene rings is 1. The summed E-state index contributed by atoms with van der Waals surface area (Å²) in [5, 5.41) is 0. The minimum atomic E-state index is -0.221. The minimum absolute atomic E-state index is 0.0513. The van der Waals surface area contributed by atoms with E-state index in [9.17, 15) is 9.59 Å². The molecule has 0 unspecified atom stereocenters. The van der Waals surface area contributed by atoms with Crippen molar-refractivity contribution in [2.45, 2.75) is 39.2 Å². The molecular weight excluding hydrogens is 330 g/mol. The van der Waals surface area contributed by atoms with E-state index in [0.29, 0.717) is 18.7 Å². The topological polar surface area (TPSA) is 55.5 Å². The number of piperazine rings is 1. The van der Waals surface area contributed by atoms with Crippen molar-refractivity contribution in [1.29, 1.82) is 0 Å². The smallest absolute Gasteiger partial charge is 0.292 e. The van der Waals surface area contributed by atoms with Gasteiger partial charge in [0.15, 0.2) is 6.04 Å². The lowest BCUT2D eigenvalue weighted by molar-refractivity contribution is -1.02. The van der Waals surface area contributed by atoms with Crippen LogP contribution in [0.2, 0.25) is 0 Å². The number of hydrogen-bond acceptors (Lipinski definition) is 3. The number of carbonyl (C=O) groups excluding carboxylic acids is 2. The van der Waals surface area contributed by atoms with Gasteiger partial charge in [0.25, 0.3) is 5.91 Å². The van der Waals surface area contributed by atoms with Gasteiger partial charge in [-0.05, 0) is 37.6 Å². The Morgan fingerprint density at radius 1 is 1.08 bits per heavy atom. The molecule has 2 fully saturated rings. The Morgan fingerprint density at radius 3 is 2.38 bits per heavy atom. The summed E-state index contributed by atoms with van der Waals surface area (Å²) >= 11 is 0. The number of hydrogen-bond donors (Lipinski definition) is 2. The molecule has 6 nitrogen and oxygen atoms in total. The molecule has 2 amide bonds. The van der Waals surface area contributed by atoms with Crippen LogP contribution in [0.1, 0.15) is 33.1 Å². The van der Waals surface area contributed by atoms with Crippen molar-refractivity contribution in [2.75, 3.05) is 44.2 Å². The zero-order valence-corrected chi connectivity index (χ0v) is 15.9. The van der Waals surface area contributed by atoms with E-state index in [2.05, 4.69) is 13.8 Å². The third-order valence-corrected chi connectivity index (χ3v) is 5.60. The van der Waals surface area contributed by atoms with Gasteiger partial charge in [0.05, 0.1) is 25.3 Å². The number of rotatable bonds is 7.